The Morgan fingerprint density at radius 2 is 0.678 bits per heavy atom. The molecular formula is C54H36N2O3. The summed E-state index contributed by atoms with van der Waals surface area (Å²) in [6.07, 6.45) is 0. The SMILES string of the molecule is Cc1ccc(N(c2cccc3c2oc2ccccc23)c2c3ccccc3c(N(c3ccc(C)cc3)c3cccc4c3oc3ccccc34)c3c2oc2ccccc23)cc1. The molecule has 5 heteroatoms. The number of hydrogen-bond donors (Lipinski definition) is 0. The molecule has 5 nitrogen and oxygen atoms in total. The van der Waals surface area contributed by atoms with Gasteiger partial charge in [-0.2, -0.15) is 0 Å². The number of aryl methyl sites for hydroxylation is 2. The molecule has 0 bridgehead atoms. The van der Waals surface area contributed by atoms with Gasteiger partial charge in [0, 0.05) is 49.1 Å². The van der Waals surface area contributed by atoms with Crippen LogP contribution in [0.15, 0.2) is 195 Å². The maximum atomic E-state index is 7.21. The topological polar surface area (TPSA) is 45.9 Å². The second-order valence-corrected chi connectivity index (χ2v) is 15.4. The van der Waals surface area contributed by atoms with Gasteiger partial charge < -0.3 is 23.1 Å². The fraction of sp³-hybridized carbons (Fsp3) is 0.0370. The number of benzene rings is 9. The van der Waals surface area contributed by atoms with E-state index in [0.717, 1.165) is 111 Å². The summed E-state index contributed by atoms with van der Waals surface area (Å²) in [5.41, 5.74) is 13.1. The number of para-hydroxylation sites is 5. The molecule has 0 saturated heterocycles. The van der Waals surface area contributed by atoms with Crippen molar-refractivity contribution in [2.45, 2.75) is 13.8 Å². The molecule has 0 amide bonds. The Kier molecular flexibility index (Phi) is 7.29. The van der Waals surface area contributed by atoms with E-state index in [4.69, 9.17) is 13.3 Å². The van der Waals surface area contributed by atoms with Crippen LogP contribution in [0.4, 0.5) is 34.1 Å². The molecule has 3 aromatic heterocycles. The fourth-order valence-electron chi connectivity index (χ4n) is 9.04. The molecule has 0 radical (unpaired) electrons. The number of rotatable bonds is 6. The average molecular weight is 761 g/mol. The van der Waals surface area contributed by atoms with E-state index in [1.54, 1.807) is 0 Å². The van der Waals surface area contributed by atoms with Gasteiger partial charge >= 0.3 is 0 Å². The molecule has 12 aromatic rings. The molecule has 0 saturated carbocycles. The summed E-state index contributed by atoms with van der Waals surface area (Å²) in [5, 5.41) is 8.38. The van der Waals surface area contributed by atoms with E-state index in [0.29, 0.717) is 0 Å². The van der Waals surface area contributed by atoms with Crippen molar-refractivity contribution in [3.05, 3.63) is 193 Å². The van der Waals surface area contributed by atoms with Crippen LogP contribution in [0.2, 0.25) is 0 Å². The molecule has 0 atom stereocenters. The lowest BCUT2D eigenvalue weighted by atomic mass is 9.97. The van der Waals surface area contributed by atoms with E-state index >= 15 is 0 Å². The summed E-state index contributed by atoms with van der Waals surface area (Å²) in [6.45, 7) is 4.25. The molecule has 0 fully saturated rings. The van der Waals surface area contributed by atoms with Gasteiger partial charge in [-0.25, -0.2) is 0 Å². The smallest absolute Gasteiger partial charge is 0.162 e. The first-order chi connectivity index (χ1) is 29.1. The van der Waals surface area contributed by atoms with E-state index in [9.17, 15) is 0 Å². The summed E-state index contributed by atoms with van der Waals surface area (Å²) >= 11 is 0. The van der Waals surface area contributed by atoms with Crippen LogP contribution in [0.3, 0.4) is 0 Å². The Morgan fingerprint density at radius 1 is 0.305 bits per heavy atom. The predicted octanol–water partition coefficient (Wildman–Crippen LogP) is 16.1. The van der Waals surface area contributed by atoms with Crippen LogP contribution >= 0.6 is 0 Å². The van der Waals surface area contributed by atoms with Crippen LogP contribution in [0.25, 0.3) is 76.6 Å². The zero-order valence-electron chi connectivity index (χ0n) is 32.4. The van der Waals surface area contributed by atoms with E-state index < -0.39 is 0 Å². The Morgan fingerprint density at radius 3 is 1.19 bits per heavy atom. The van der Waals surface area contributed by atoms with Crippen molar-refractivity contribution in [2.75, 3.05) is 9.80 Å². The van der Waals surface area contributed by atoms with Gasteiger partial charge in [-0.3, -0.25) is 0 Å². The molecule has 280 valence electrons. The predicted molar refractivity (Wildman–Crippen MR) is 245 cm³/mol. The van der Waals surface area contributed by atoms with Gasteiger partial charge in [0.05, 0.1) is 28.1 Å². The monoisotopic (exact) mass is 760 g/mol. The highest BCUT2D eigenvalue weighted by Crippen LogP contribution is 2.55. The third kappa shape index (κ3) is 5.04. The fourth-order valence-corrected chi connectivity index (χ4v) is 9.04. The van der Waals surface area contributed by atoms with E-state index in [1.165, 1.54) is 11.1 Å². The van der Waals surface area contributed by atoms with Gasteiger partial charge in [0.2, 0.25) is 0 Å². The Bertz CT molecular complexity index is 3590. The quantitative estimate of drug-likeness (QED) is 0.158. The number of anilines is 6. The molecule has 12 rings (SSSR count). The minimum absolute atomic E-state index is 0.766. The molecule has 0 spiro atoms. The highest BCUT2D eigenvalue weighted by molar-refractivity contribution is 6.29. The largest absolute Gasteiger partial charge is 0.454 e. The summed E-state index contributed by atoms with van der Waals surface area (Å²) in [6, 6.07) is 64.0. The maximum absolute atomic E-state index is 7.21. The van der Waals surface area contributed by atoms with Crippen molar-refractivity contribution in [1.29, 1.82) is 0 Å². The summed E-state index contributed by atoms with van der Waals surface area (Å²) in [7, 11) is 0. The molecule has 0 aliphatic heterocycles. The molecule has 3 heterocycles. The van der Waals surface area contributed by atoms with Crippen LogP contribution in [-0.2, 0) is 0 Å². The van der Waals surface area contributed by atoms with Gasteiger partial charge in [-0.1, -0.05) is 139 Å². The van der Waals surface area contributed by atoms with Gasteiger partial charge in [0.1, 0.15) is 16.7 Å². The van der Waals surface area contributed by atoms with Crippen LogP contribution < -0.4 is 9.80 Å². The van der Waals surface area contributed by atoms with Gasteiger partial charge in [0.15, 0.2) is 16.7 Å². The van der Waals surface area contributed by atoms with Crippen molar-refractivity contribution in [1.82, 2.24) is 0 Å². The van der Waals surface area contributed by atoms with E-state index in [2.05, 4.69) is 175 Å². The normalized spacial score (nSPS) is 11.9. The molecule has 0 unspecified atom stereocenters. The first kappa shape index (κ1) is 33.4. The van der Waals surface area contributed by atoms with E-state index in [-0.39, 0.29) is 0 Å². The number of fused-ring (bicyclic) bond motifs is 10. The van der Waals surface area contributed by atoms with Crippen LogP contribution in [-0.4, -0.2) is 0 Å². The van der Waals surface area contributed by atoms with Crippen molar-refractivity contribution in [3.63, 3.8) is 0 Å². The van der Waals surface area contributed by atoms with Gasteiger partial charge in [0.25, 0.3) is 0 Å². The summed E-state index contributed by atoms with van der Waals surface area (Å²) in [5.74, 6) is 0. The Balaban J connectivity index is 1.25. The molecule has 9 aromatic carbocycles. The van der Waals surface area contributed by atoms with Gasteiger partial charge in [-0.15, -0.1) is 0 Å². The molecule has 0 aliphatic rings. The summed E-state index contributed by atoms with van der Waals surface area (Å²) in [4.78, 5) is 4.70. The van der Waals surface area contributed by atoms with Crippen molar-refractivity contribution >= 4 is 111 Å². The van der Waals surface area contributed by atoms with Crippen molar-refractivity contribution in [2.24, 2.45) is 0 Å². The second-order valence-electron chi connectivity index (χ2n) is 15.4. The number of furan rings is 3. The number of nitrogens with zero attached hydrogens (tertiary/aromatic N) is 2. The summed E-state index contributed by atoms with van der Waals surface area (Å²) < 4.78 is 20.8. The van der Waals surface area contributed by atoms with Gasteiger partial charge in [-0.05, 0) is 68.4 Å². The first-order valence-corrected chi connectivity index (χ1v) is 20.0. The molecule has 59 heavy (non-hydrogen) atoms. The van der Waals surface area contributed by atoms with Crippen LogP contribution in [0.1, 0.15) is 11.1 Å². The van der Waals surface area contributed by atoms with E-state index in [1.807, 2.05) is 30.3 Å². The van der Waals surface area contributed by atoms with Crippen LogP contribution in [0, 0.1) is 13.8 Å². The lowest BCUT2D eigenvalue weighted by Gasteiger charge is -2.31. The third-order valence-corrected chi connectivity index (χ3v) is 11.8. The molecular weight excluding hydrogens is 725 g/mol. The minimum Gasteiger partial charge on any atom is -0.454 e. The lowest BCUT2D eigenvalue weighted by molar-refractivity contribution is 0.666. The zero-order valence-corrected chi connectivity index (χ0v) is 32.4. The highest BCUT2D eigenvalue weighted by atomic mass is 16.3. The lowest BCUT2D eigenvalue weighted by Crippen LogP contribution is -2.14. The Hall–Kier alpha value is -7.76. The third-order valence-electron chi connectivity index (χ3n) is 11.8. The second kappa shape index (κ2) is 12.9. The van der Waals surface area contributed by atoms with Crippen LogP contribution in [0.5, 0.6) is 0 Å². The molecule has 0 aliphatic carbocycles. The number of hydrogen-bond acceptors (Lipinski definition) is 5. The standard InChI is InChI=1S/C54H36N2O3/c1-33-25-29-35(30-26-33)55(44-20-11-18-41-37-13-5-8-22-46(37)57-52(41)44)50-39-15-3-4-16-40(39)51(54-49(50)43-17-7-10-24-48(43)59-54)56(36-31-27-34(2)28-32-36)45-21-12-19-42-38-14-6-9-23-47(38)58-53(42)45/h3-32H,1-2H3. The molecule has 0 N–H and O–H groups in total. The van der Waals surface area contributed by atoms with Crippen molar-refractivity contribution < 1.29 is 13.3 Å². The first-order valence-electron chi connectivity index (χ1n) is 20.0. The zero-order chi connectivity index (χ0) is 39.2. The van der Waals surface area contributed by atoms with Crippen molar-refractivity contribution in [3.8, 4) is 0 Å². The average Bonchev–Trinajstić information content (AvgIpc) is 3.98. The maximum Gasteiger partial charge on any atom is 0.162 e. The minimum atomic E-state index is 0.766. The Labute approximate surface area is 339 Å². The highest BCUT2D eigenvalue weighted by Gasteiger charge is 2.31.